The van der Waals surface area contributed by atoms with Crippen LogP contribution in [0.3, 0.4) is 0 Å². The zero-order valence-corrected chi connectivity index (χ0v) is 19.4. The number of aromatic amines is 1. The van der Waals surface area contributed by atoms with E-state index in [1.54, 1.807) is 24.3 Å². The number of amides is 2. The van der Waals surface area contributed by atoms with Gasteiger partial charge in [-0.05, 0) is 31.9 Å². The van der Waals surface area contributed by atoms with Gasteiger partial charge >= 0.3 is 5.69 Å². The number of carbonyl (C=O) groups excluding carboxylic acids is 2. The standard InChI is InChI=1S/C24H29N3O8/c1-14-12-27(24(33)25-20(14)30)23-18(29)19(17(13-28)35-23)34-11-7-3-2-6-10-26-21(31)15-8-4-5-9-16(15)22(26)32/h4-5,8-9,12,17-19,23,28-29H,2-3,6-7,10-11,13H2,1H3,(H,25,30,33)/t17-,18-,19-,23-/m1/s1. The summed E-state index contributed by atoms with van der Waals surface area (Å²) in [6.45, 7) is 1.77. The summed E-state index contributed by atoms with van der Waals surface area (Å²) in [6.07, 6.45) is 0.189. The third-order valence-corrected chi connectivity index (χ3v) is 6.37. The number of benzene rings is 1. The molecule has 2 aromatic rings. The maximum absolute atomic E-state index is 12.4. The topological polar surface area (TPSA) is 151 Å². The number of aromatic nitrogens is 2. The average molecular weight is 488 g/mol. The highest BCUT2D eigenvalue weighted by Gasteiger charge is 2.45. The van der Waals surface area contributed by atoms with Crippen molar-refractivity contribution in [2.45, 2.75) is 57.1 Å². The van der Waals surface area contributed by atoms with Crippen LogP contribution in [0.25, 0.3) is 0 Å². The lowest BCUT2D eigenvalue weighted by molar-refractivity contribution is -0.0626. The molecule has 1 saturated heterocycles. The molecule has 0 aliphatic carbocycles. The Labute approximate surface area is 200 Å². The molecule has 2 aliphatic rings. The third-order valence-electron chi connectivity index (χ3n) is 6.37. The van der Waals surface area contributed by atoms with Crippen molar-refractivity contribution < 1.29 is 29.3 Å². The number of ether oxygens (including phenoxy) is 2. The first-order valence-electron chi connectivity index (χ1n) is 11.7. The Kier molecular flexibility index (Phi) is 7.60. The van der Waals surface area contributed by atoms with Gasteiger partial charge in [0.15, 0.2) is 6.23 Å². The van der Waals surface area contributed by atoms with Crippen molar-refractivity contribution in [3.05, 3.63) is 68.0 Å². The second-order valence-electron chi connectivity index (χ2n) is 8.77. The monoisotopic (exact) mass is 487 g/mol. The van der Waals surface area contributed by atoms with E-state index in [9.17, 15) is 29.4 Å². The molecule has 1 fully saturated rings. The lowest BCUT2D eigenvalue weighted by Gasteiger charge is -2.20. The zero-order chi connectivity index (χ0) is 25.1. The highest BCUT2D eigenvalue weighted by Crippen LogP contribution is 2.30. The number of rotatable bonds is 10. The van der Waals surface area contributed by atoms with E-state index in [0.717, 1.165) is 17.4 Å². The molecule has 4 atom stereocenters. The van der Waals surface area contributed by atoms with E-state index in [4.69, 9.17) is 9.47 Å². The van der Waals surface area contributed by atoms with E-state index in [-0.39, 0.29) is 17.4 Å². The molecule has 2 amide bonds. The van der Waals surface area contributed by atoms with Gasteiger partial charge in [0.1, 0.15) is 18.3 Å². The fourth-order valence-electron chi connectivity index (χ4n) is 4.46. The molecule has 3 N–H and O–H groups in total. The average Bonchev–Trinajstić information content (AvgIpc) is 3.29. The van der Waals surface area contributed by atoms with E-state index < -0.39 is 42.4 Å². The number of H-pyrrole nitrogens is 1. The van der Waals surface area contributed by atoms with Crippen LogP contribution in [0.15, 0.2) is 40.1 Å². The number of aliphatic hydroxyl groups excluding tert-OH is 2. The van der Waals surface area contributed by atoms with Crippen LogP contribution in [0.1, 0.15) is 58.2 Å². The molecular formula is C24H29N3O8. The van der Waals surface area contributed by atoms with E-state index in [2.05, 4.69) is 4.98 Å². The smallest absolute Gasteiger partial charge is 0.330 e. The summed E-state index contributed by atoms with van der Waals surface area (Å²) in [4.78, 5) is 52.0. The maximum atomic E-state index is 12.4. The second kappa shape index (κ2) is 10.6. The number of carbonyl (C=O) groups is 2. The number of nitrogens with one attached hydrogen (secondary N) is 1. The van der Waals surface area contributed by atoms with Gasteiger partial charge in [0.25, 0.3) is 17.4 Å². The summed E-state index contributed by atoms with van der Waals surface area (Å²) in [5.41, 5.74) is -0.0710. The SMILES string of the molecule is Cc1cn([C@@H]2O[C@H](CO)[C@@H](OCCCCCCN3C(=O)c4ccccc4C3=O)[C@H]2O)c(=O)[nH]c1=O. The molecule has 0 spiro atoms. The van der Waals surface area contributed by atoms with E-state index in [1.165, 1.54) is 18.0 Å². The van der Waals surface area contributed by atoms with Crippen molar-refractivity contribution in [2.75, 3.05) is 19.8 Å². The molecule has 0 radical (unpaired) electrons. The van der Waals surface area contributed by atoms with Crippen LogP contribution in [0.4, 0.5) is 0 Å². The van der Waals surface area contributed by atoms with Gasteiger partial charge in [0, 0.05) is 24.9 Å². The second-order valence-corrected chi connectivity index (χ2v) is 8.77. The fourth-order valence-corrected chi connectivity index (χ4v) is 4.46. The van der Waals surface area contributed by atoms with E-state index in [0.29, 0.717) is 37.1 Å². The van der Waals surface area contributed by atoms with Gasteiger partial charge in [-0.1, -0.05) is 25.0 Å². The number of hydrogen-bond acceptors (Lipinski definition) is 8. The van der Waals surface area contributed by atoms with Crippen LogP contribution < -0.4 is 11.2 Å². The van der Waals surface area contributed by atoms with Gasteiger partial charge in [-0.15, -0.1) is 0 Å². The van der Waals surface area contributed by atoms with Crippen LogP contribution in [0, 0.1) is 6.92 Å². The minimum Gasteiger partial charge on any atom is -0.394 e. The quantitative estimate of drug-likeness (QED) is 0.321. The van der Waals surface area contributed by atoms with Gasteiger partial charge in [0.2, 0.25) is 0 Å². The Morgan fingerprint density at radius 3 is 2.34 bits per heavy atom. The summed E-state index contributed by atoms with van der Waals surface area (Å²) < 4.78 is 12.5. The first-order chi connectivity index (χ1) is 16.8. The molecule has 11 nitrogen and oxygen atoms in total. The molecule has 3 heterocycles. The van der Waals surface area contributed by atoms with Crippen LogP contribution in [-0.4, -0.2) is 74.5 Å². The molecule has 0 unspecified atom stereocenters. The Balaban J connectivity index is 1.22. The molecule has 0 bridgehead atoms. The van der Waals surface area contributed by atoms with Crippen molar-refractivity contribution in [1.82, 2.24) is 14.5 Å². The fraction of sp³-hybridized carbons (Fsp3) is 0.500. The number of fused-ring (bicyclic) bond motifs is 1. The normalized spacial score (nSPS) is 23.8. The van der Waals surface area contributed by atoms with E-state index in [1.807, 2.05) is 0 Å². The number of nitrogens with zero attached hydrogens (tertiary/aromatic N) is 2. The van der Waals surface area contributed by atoms with Crippen molar-refractivity contribution in [3.63, 3.8) is 0 Å². The predicted octanol–water partition coefficient (Wildman–Crippen LogP) is 0.337. The maximum Gasteiger partial charge on any atom is 0.330 e. The molecule has 35 heavy (non-hydrogen) atoms. The number of unbranched alkanes of at least 4 members (excludes halogenated alkanes) is 3. The summed E-state index contributed by atoms with van der Waals surface area (Å²) in [7, 11) is 0. The Morgan fingerprint density at radius 2 is 1.69 bits per heavy atom. The molecule has 2 aliphatic heterocycles. The summed E-state index contributed by atoms with van der Waals surface area (Å²) in [6, 6.07) is 6.80. The van der Waals surface area contributed by atoms with Crippen molar-refractivity contribution >= 4 is 11.8 Å². The number of imide groups is 1. The van der Waals surface area contributed by atoms with Crippen LogP contribution in [0.2, 0.25) is 0 Å². The molecule has 1 aromatic carbocycles. The summed E-state index contributed by atoms with van der Waals surface area (Å²) in [5.74, 6) is -0.518. The van der Waals surface area contributed by atoms with Crippen LogP contribution in [-0.2, 0) is 9.47 Å². The van der Waals surface area contributed by atoms with Gasteiger partial charge in [-0.2, -0.15) is 0 Å². The van der Waals surface area contributed by atoms with Crippen molar-refractivity contribution in [2.24, 2.45) is 0 Å². The summed E-state index contributed by atoms with van der Waals surface area (Å²) >= 11 is 0. The highest BCUT2D eigenvalue weighted by molar-refractivity contribution is 6.21. The zero-order valence-electron chi connectivity index (χ0n) is 19.4. The van der Waals surface area contributed by atoms with Gasteiger partial charge < -0.3 is 19.7 Å². The largest absolute Gasteiger partial charge is 0.394 e. The lowest BCUT2D eigenvalue weighted by Crippen LogP contribution is -2.39. The lowest BCUT2D eigenvalue weighted by atomic mass is 10.1. The minimum atomic E-state index is -1.22. The molecule has 4 rings (SSSR count). The Hall–Kier alpha value is -3.12. The Morgan fingerprint density at radius 1 is 1.03 bits per heavy atom. The summed E-state index contributed by atoms with van der Waals surface area (Å²) in [5, 5.41) is 20.3. The molecule has 11 heteroatoms. The molecule has 0 saturated carbocycles. The molecular weight excluding hydrogens is 458 g/mol. The molecule has 188 valence electrons. The van der Waals surface area contributed by atoms with Gasteiger partial charge in [-0.3, -0.25) is 28.8 Å². The number of aliphatic hydroxyl groups is 2. The predicted molar refractivity (Wildman–Crippen MR) is 123 cm³/mol. The first-order valence-corrected chi connectivity index (χ1v) is 11.7. The van der Waals surface area contributed by atoms with Crippen LogP contribution in [0.5, 0.6) is 0 Å². The van der Waals surface area contributed by atoms with Crippen LogP contribution >= 0.6 is 0 Å². The van der Waals surface area contributed by atoms with E-state index >= 15 is 0 Å². The van der Waals surface area contributed by atoms with Gasteiger partial charge in [-0.25, -0.2) is 4.79 Å². The Bertz CT molecular complexity index is 1170. The number of aryl methyl sites for hydroxylation is 1. The van der Waals surface area contributed by atoms with Crippen molar-refractivity contribution in [1.29, 1.82) is 0 Å². The minimum absolute atomic E-state index is 0.259. The first kappa shape index (κ1) is 25.0. The van der Waals surface area contributed by atoms with Gasteiger partial charge in [0.05, 0.1) is 17.7 Å². The molecule has 1 aromatic heterocycles. The number of hydrogen-bond donors (Lipinski definition) is 3. The third kappa shape index (κ3) is 4.98. The van der Waals surface area contributed by atoms with Crippen molar-refractivity contribution in [3.8, 4) is 0 Å². The highest BCUT2D eigenvalue weighted by atomic mass is 16.6.